The molecule has 1 heterocycles. The van der Waals surface area contributed by atoms with Crippen LogP contribution < -0.4 is 5.73 Å². The van der Waals surface area contributed by atoms with Gasteiger partial charge in [0.15, 0.2) is 11.6 Å². The molecule has 0 radical (unpaired) electrons. The normalized spacial score (nSPS) is 29.4. The van der Waals surface area contributed by atoms with Crippen molar-refractivity contribution in [2.24, 2.45) is 17.6 Å². The van der Waals surface area contributed by atoms with Crippen LogP contribution >= 0.6 is 0 Å². The fourth-order valence-corrected chi connectivity index (χ4v) is 3.35. The molecule has 1 aliphatic heterocycles. The van der Waals surface area contributed by atoms with Crippen LogP contribution in [0.4, 0.5) is 8.78 Å². The SMILES string of the molecule is CC1CC(C)C(C)N(C(CN)c2ccc(F)c(F)c2)C1. The van der Waals surface area contributed by atoms with Crippen LogP contribution in [-0.4, -0.2) is 24.0 Å². The molecule has 0 spiro atoms. The third-order valence-electron chi connectivity index (χ3n) is 4.60. The van der Waals surface area contributed by atoms with E-state index in [9.17, 15) is 8.78 Å². The molecule has 0 aromatic heterocycles. The molecule has 0 saturated carbocycles. The predicted molar refractivity (Wildman–Crippen MR) is 77.3 cm³/mol. The molecule has 2 rings (SSSR count). The van der Waals surface area contributed by atoms with Crippen LogP contribution in [0.5, 0.6) is 0 Å². The molecule has 2 nitrogen and oxygen atoms in total. The van der Waals surface area contributed by atoms with Gasteiger partial charge in [0.05, 0.1) is 0 Å². The van der Waals surface area contributed by atoms with Gasteiger partial charge in [-0.15, -0.1) is 0 Å². The van der Waals surface area contributed by atoms with E-state index in [1.807, 2.05) is 0 Å². The van der Waals surface area contributed by atoms with Crippen molar-refractivity contribution in [1.82, 2.24) is 4.90 Å². The highest BCUT2D eigenvalue weighted by molar-refractivity contribution is 5.22. The lowest BCUT2D eigenvalue weighted by molar-refractivity contribution is 0.0423. The molecule has 1 aromatic rings. The molecule has 0 amide bonds. The van der Waals surface area contributed by atoms with Crippen molar-refractivity contribution in [3.63, 3.8) is 0 Å². The van der Waals surface area contributed by atoms with Gasteiger partial charge < -0.3 is 5.73 Å². The second-order valence-electron chi connectivity index (χ2n) is 6.18. The number of likely N-dealkylation sites (tertiary alicyclic amines) is 1. The maximum atomic E-state index is 13.5. The number of hydrogen-bond donors (Lipinski definition) is 1. The van der Waals surface area contributed by atoms with E-state index in [-0.39, 0.29) is 6.04 Å². The summed E-state index contributed by atoms with van der Waals surface area (Å²) in [5.74, 6) is -0.427. The molecule has 1 aromatic carbocycles. The first-order valence-corrected chi connectivity index (χ1v) is 7.34. The van der Waals surface area contributed by atoms with Crippen LogP contribution in [0.25, 0.3) is 0 Å². The van der Waals surface area contributed by atoms with Crippen LogP contribution in [0.3, 0.4) is 0 Å². The molecular weight excluding hydrogens is 258 g/mol. The number of halogens is 2. The first kappa shape index (κ1) is 15.4. The molecule has 112 valence electrons. The summed E-state index contributed by atoms with van der Waals surface area (Å²) in [6, 6.07) is 4.46. The van der Waals surface area contributed by atoms with Gasteiger partial charge in [0.2, 0.25) is 0 Å². The molecule has 4 unspecified atom stereocenters. The molecule has 1 aliphatic rings. The quantitative estimate of drug-likeness (QED) is 0.921. The van der Waals surface area contributed by atoms with Gasteiger partial charge in [0.1, 0.15) is 0 Å². The van der Waals surface area contributed by atoms with Crippen LogP contribution in [0.2, 0.25) is 0 Å². The second kappa shape index (κ2) is 6.19. The minimum absolute atomic E-state index is 0.0506. The van der Waals surface area contributed by atoms with Gasteiger partial charge in [-0.25, -0.2) is 8.78 Å². The van der Waals surface area contributed by atoms with E-state index in [1.165, 1.54) is 18.6 Å². The summed E-state index contributed by atoms with van der Waals surface area (Å²) in [7, 11) is 0. The number of hydrogen-bond acceptors (Lipinski definition) is 2. The Morgan fingerprint density at radius 1 is 1.25 bits per heavy atom. The number of benzene rings is 1. The Hall–Kier alpha value is -1.00. The van der Waals surface area contributed by atoms with Crippen LogP contribution in [-0.2, 0) is 0 Å². The Morgan fingerprint density at radius 2 is 1.95 bits per heavy atom. The molecule has 1 saturated heterocycles. The molecule has 4 atom stereocenters. The zero-order valence-electron chi connectivity index (χ0n) is 12.4. The van der Waals surface area contributed by atoms with Crippen molar-refractivity contribution in [3.8, 4) is 0 Å². The summed E-state index contributed by atoms with van der Waals surface area (Å²) in [5, 5.41) is 0. The van der Waals surface area contributed by atoms with Gasteiger partial charge in [-0.3, -0.25) is 4.90 Å². The van der Waals surface area contributed by atoms with E-state index < -0.39 is 11.6 Å². The van der Waals surface area contributed by atoms with Gasteiger partial charge in [-0.1, -0.05) is 19.9 Å². The zero-order chi connectivity index (χ0) is 14.9. The first-order valence-electron chi connectivity index (χ1n) is 7.34. The molecule has 1 fully saturated rings. The van der Waals surface area contributed by atoms with Gasteiger partial charge in [0, 0.05) is 25.2 Å². The summed E-state index contributed by atoms with van der Waals surface area (Å²) in [5.41, 5.74) is 6.68. The molecule has 0 aliphatic carbocycles. The van der Waals surface area contributed by atoms with E-state index >= 15 is 0 Å². The highest BCUT2D eigenvalue weighted by atomic mass is 19.2. The Morgan fingerprint density at radius 3 is 2.55 bits per heavy atom. The Labute approximate surface area is 120 Å². The average molecular weight is 282 g/mol. The summed E-state index contributed by atoms with van der Waals surface area (Å²) >= 11 is 0. The lowest BCUT2D eigenvalue weighted by Crippen LogP contribution is -2.49. The van der Waals surface area contributed by atoms with Crippen molar-refractivity contribution >= 4 is 0 Å². The van der Waals surface area contributed by atoms with Crippen molar-refractivity contribution in [2.45, 2.75) is 39.3 Å². The van der Waals surface area contributed by atoms with E-state index in [0.29, 0.717) is 24.4 Å². The third kappa shape index (κ3) is 3.01. The maximum absolute atomic E-state index is 13.5. The van der Waals surface area contributed by atoms with Crippen molar-refractivity contribution < 1.29 is 8.78 Å². The topological polar surface area (TPSA) is 29.3 Å². The highest BCUT2D eigenvalue weighted by Crippen LogP contribution is 2.33. The van der Waals surface area contributed by atoms with Crippen molar-refractivity contribution in [2.75, 3.05) is 13.1 Å². The van der Waals surface area contributed by atoms with E-state index in [4.69, 9.17) is 5.73 Å². The predicted octanol–water partition coefficient (Wildman–Crippen LogP) is 3.33. The Kier molecular flexibility index (Phi) is 4.76. The number of rotatable bonds is 3. The van der Waals surface area contributed by atoms with E-state index in [1.54, 1.807) is 6.07 Å². The van der Waals surface area contributed by atoms with Crippen LogP contribution in [0.15, 0.2) is 18.2 Å². The fourth-order valence-electron chi connectivity index (χ4n) is 3.35. The minimum Gasteiger partial charge on any atom is -0.329 e. The molecule has 20 heavy (non-hydrogen) atoms. The molecule has 4 heteroatoms. The molecular formula is C16H24F2N2. The fraction of sp³-hybridized carbons (Fsp3) is 0.625. The average Bonchev–Trinajstić information content (AvgIpc) is 2.40. The van der Waals surface area contributed by atoms with Gasteiger partial charge in [-0.05, 0) is 42.9 Å². The molecule has 0 bridgehead atoms. The van der Waals surface area contributed by atoms with Crippen molar-refractivity contribution in [3.05, 3.63) is 35.4 Å². The maximum Gasteiger partial charge on any atom is 0.159 e. The standard InChI is InChI=1S/C16H24F2N2/c1-10-6-11(2)12(3)20(9-10)16(8-19)13-4-5-14(17)15(18)7-13/h4-5,7,10-12,16H,6,8-9,19H2,1-3H3. The lowest BCUT2D eigenvalue weighted by atomic mass is 9.84. The van der Waals surface area contributed by atoms with Gasteiger partial charge in [-0.2, -0.15) is 0 Å². The first-order chi connectivity index (χ1) is 9.43. The Balaban J connectivity index is 2.28. The van der Waals surface area contributed by atoms with Crippen LogP contribution in [0, 0.1) is 23.5 Å². The number of piperidine rings is 1. The number of nitrogens with zero attached hydrogens (tertiary/aromatic N) is 1. The second-order valence-corrected chi connectivity index (χ2v) is 6.18. The Bertz CT molecular complexity index is 464. The molecule has 2 N–H and O–H groups in total. The summed E-state index contributed by atoms with van der Waals surface area (Å²) in [6.45, 7) is 8.03. The largest absolute Gasteiger partial charge is 0.329 e. The van der Waals surface area contributed by atoms with Gasteiger partial charge >= 0.3 is 0 Å². The summed E-state index contributed by atoms with van der Waals surface area (Å²) in [6.07, 6.45) is 1.20. The van der Waals surface area contributed by atoms with E-state index in [0.717, 1.165) is 12.1 Å². The third-order valence-corrected chi connectivity index (χ3v) is 4.60. The van der Waals surface area contributed by atoms with Crippen LogP contribution in [0.1, 0.15) is 38.8 Å². The van der Waals surface area contributed by atoms with E-state index in [2.05, 4.69) is 25.7 Å². The highest BCUT2D eigenvalue weighted by Gasteiger charge is 2.33. The minimum atomic E-state index is -0.807. The summed E-state index contributed by atoms with van der Waals surface area (Å²) in [4.78, 5) is 2.34. The number of nitrogens with two attached hydrogens (primary N) is 1. The zero-order valence-corrected chi connectivity index (χ0v) is 12.4. The smallest absolute Gasteiger partial charge is 0.159 e. The van der Waals surface area contributed by atoms with Crippen molar-refractivity contribution in [1.29, 1.82) is 0 Å². The monoisotopic (exact) mass is 282 g/mol. The summed E-state index contributed by atoms with van der Waals surface area (Å²) < 4.78 is 26.5. The van der Waals surface area contributed by atoms with Gasteiger partial charge in [0.25, 0.3) is 0 Å². The lowest BCUT2D eigenvalue weighted by Gasteiger charge is -2.45.